The summed E-state index contributed by atoms with van der Waals surface area (Å²) in [5, 5.41) is 0. The molecule has 1 saturated heterocycles. The van der Waals surface area contributed by atoms with Crippen molar-refractivity contribution in [2.24, 2.45) is 5.92 Å². The highest BCUT2D eigenvalue weighted by atomic mass is 32.2. The Labute approximate surface area is 152 Å². The summed E-state index contributed by atoms with van der Waals surface area (Å²) in [6.45, 7) is 3.38. The quantitative estimate of drug-likeness (QED) is 0.809. The van der Waals surface area contributed by atoms with Gasteiger partial charge in [-0.2, -0.15) is 0 Å². The van der Waals surface area contributed by atoms with Gasteiger partial charge in [-0.25, -0.2) is 22.7 Å². The molecule has 2 aliphatic rings. The Morgan fingerprint density at radius 1 is 1.15 bits per heavy atom. The standard InChI is InChI=1S/C18H22N4O3S/c1-2-5-26(24,25)21-9-13-6-14(11-21)18-16(15-7-19-12-20-8-15)3-4-17(23)22(18)10-13/h3-4,7-8,12-14H,2,5-6,9-11H2,1H3. The summed E-state index contributed by atoms with van der Waals surface area (Å²) in [6.07, 6.45) is 6.45. The summed E-state index contributed by atoms with van der Waals surface area (Å²) in [7, 11) is -3.24. The summed E-state index contributed by atoms with van der Waals surface area (Å²) in [6, 6.07) is 3.39. The van der Waals surface area contributed by atoms with Crippen molar-refractivity contribution in [2.75, 3.05) is 18.8 Å². The molecule has 2 aromatic heterocycles. The lowest BCUT2D eigenvalue weighted by molar-refractivity contribution is 0.187. The van der Waals surface area contributed by atoms with E-state index in [1.807, 2.05) is 17.6 Å². The van der Waals surface area contributed by atoms with Crippen molar-refractivity contribution < 1.29 is 8.42 Å². The van der Waals surface area contributed by atoms with Gasteiger partial charge >= 0.3 is 0 Å². The van der Waals surface area contributed by atoms with Crippen molar-refractivity contribution in [1.29, 1.82) is 0 Å². The molecule has 26 heavy (non-hydrogen) atoms. The fraction of sp³-hybridized carbons (Fsp3) is 0.500. The van der Waals surface area contributed by atoms with Gasteiger partial charge in [-0.3, -0.25) is 4.79 Å². The summed E-state index contributed by atoms with van der Waals surface area (Å²) < 4.78 is 28.6. The van der Waals surface area contributed by atoms with E-state index in [1.54, 1.807) is 22.8 Å². The Morgan fingerprint density at radius 2 is 1.92 bits per heavy atom. The average molecular weight is 374 g/mol. The van der Waals surface area contributed by atoms with Crippen molar-refractivity contribution in [1.82, 2.24) is 18.8 Å². The lowest BCUT2D eigenvalue weighted by Crippen LogP contribution is -2.49. The van der Waals surface area contributed by atoms with E-state index >= 15 is 0 Å². The van der Waals surface area contributed by atoms with Gasteiger partial charge in [-0.1, -0.05) is 6.92 Å². The topological polar surface area (TPSA) is 85.2 Å². The first-order chi connectivity index (χ1) is 12.5. The van der Waals surface area contributed by atoms with Crippen LogP contribution in [-0.4, -0.2) is 46.1 Å². The zero-order valence-electron chi connectivity index (χ0n) is 14.7. The highest BCUT2D eigenvalue weighted by molar-refractivity contribution is 7.89. The van der Waals surface area contributed by atoms with Crippen LogP contribution in [0.15, 0.2) is 35.6 Å². The van der Waals surface area contributed by atoms with Crippen molar-refractivity contribution in [3.05, 3.63) is 46.9 Å². The minimum Gasteiger partial charge on any atom is -0.311 e. The Hall–Kier alpha value is -2.06. The van der Waals surface area contributed by atoms with Crippen molar-refractivity contribution in [3.63, 3.8) is 0 Å². The van der Waals surface area contributed by atoms with E-state index in [1.165, 1.54) is 6.33 Å². The van der Waals surface area contributed by atoms with E-state index in [0.29, 0.717) is 26.1 Å². The second-order valence-electron chi connectivity index (χ2n) is 7.14. The molecule has 0 radical (unpaired) electrons. The summed E-state index contributed by atoms with van der Waals surface area (Å²) >= 11 is 0. The number of pyridine rings is 1. The number of sulfonamides is 1. The van der Waals surface area contributed by atoms with Gasteiger partial charge in [0.15, 0.2) is 0 Å². The number of hydrogen-bond acceptors (Lipinski definition) is 5. The van der Waals surface area contributed by atoms with Gasteiger partial charge in [0.1, 0.15) is 6.33 Å². The second kappa shape index (κ2) is 6.59. The molecule has 1 fully saturated rings. The Morgan fingerprint density at radius 3 is 2.65 bits per heavy atom. The Bertz CT molecular complexity index is 972. The predicted molar refractivity (Wildman–Crippen MR) is 98.2 cm³/mol. The normalized spacial score (nSPS) is 22.8. The molecule has 2 bridgehead atoms. The molecular formula is C18H22N4O3S. The molecular weight excluding hydrogens is 352 g/mol. The first-order valence-corrected chi connectivity index (χ1v) is 10.6. The molecule has 0 aliphatic carbocycles. The lowest BCUT2D eigenvalue weighted by atomic mass is 9.81. The molecule has 2 unspecified atom stereocenters. The molecule has 0 aromatic carbocycles. The number of fused-ring (bicyclic) bond motifs is 4. The van der Waals surface area contributed by atoms with E-state index < -0.39 is 10.0 Å². The molecule has 4 rings (SSSR count). The van der Waals surface area contributed by atoms with Crippen LogP contribution in [0.3, 0.4) is 0 Å². The first kappa shape index (κ1) is 17.4. The van der Waals surface area contributed by atoms with Gasteiger partial charge in [-0.15, -0.1) is 0 Å². The smallest absolute Gasteiger partial charge is 0.250 e. The predicted octanol–water partition coefficient (Wildman–Crippen LogP) is 1.46. The molecule has 8 heteroatoms. The van der Waals surface area contributed by atoms with Gasteiger partial charge in [-0.05, 0) is 24.8 Å². The van der Waals surface area contributed by atoms with Crippen LogP contribution in [0.25, 0.3) is 11.1 Å². The number of hydrogen-bond donors (Lipinski definition) is 0. The van der Waals surface area contributed by atoms with Crippen LogP contribution in [0.4, 0.5) is 0 Å². The Kier molecular flexibility index (Phi) is 4.40. The number of piperidine rings is 1. The highest BCUT2D eigenvalue weighted by Crippen LogP contribution is 2.40. The van der Waals surface area contributed by atoms with Crippen LogP contribution in [0.1, 0.15) is 31.4 Å². The molecule has 0 spiro atoms. The monoisotopic (exact) mass is 374 g/mol. The van der Waals surface area contributed by atoms with Gasteiger partial charge in [0, 0.05) is 60.8 Å². The van der Waals surface area contributed by atoms with E-state index in [-0.39, 0.29) is 23.1 Å². The second-order valence-corrected chi connectivity index (χ2v) is 9.23. The first-order valence-electron chi connectivity index (χ1n) is 8.96. The molecule has 4 heterocycles. The van der Waals surface area contributed by atoms with Gasteiger partial charge in [0.05, 0.1) is 5.75 Å². The van der Waals surface area contributed by atoms with Crippen molar-refractivity contribution in [2.45, 2.75) is 32.2 Å². The van der Waals surface area contributed by atoms with Crippen LogP contribution in [0.2, 0.25) is 0 Å². The zero-order chi connectivity index (χ0) is 18.3. The molecule has 0 amide bonds. The summed E-state index contributed by atoms with van der Waals surface area (Å²) in [5.41, 5.74) is 2.66. The third kappa shape index (κ3) is 2.97. The summed E-state index contributed by atoms with van der Waals surface area (Å²) in [5.74, 6) is 0.360. The van der Waals surface area contributed by atoms with E-state index in [4.69, 9.17) is 0 Å². The fourth-order valence-corrected chi connectivity index (χ4v) is 5.89. The molecule has 0 N–H and O–H groups in total. The lowest BCUT2D eigenvalue weighted by Gasteiger charge is -2.42. The van der Waals surface area contributed by atoms with E-state index in [9.17, 15) is 13.2 Å². The molecule has 7 nitrogen and oxygen atoms in total. The maximum Gasteiger partial charge on any atom is 0.250 e. The minimum absolute atomic E-state index is 0.0123. The largest absolute Gasteiger partial charge is 0.311 e. The van der Waals surface area contributed by atoms with Gasteiger partial charge < -0.3 is 4.57 Å². The van der Waals surface area contributed by atoms with E-state index in [0.717, 1.165) is 23.2 Å². The van der Waals surface area contributed by atoms with Gasteiger partial charge in [0.25, 0.3) is 5.56 Å². The van der Waals surface area contributed by atoms with Crippen LogP contribution >= 0.6 is 0 Å². The number of nitrogens with zero attached hydrogens (tertiary/aromatic N) is 4. The SMILES string of the molecule is CCCS(=O)(=O)N1CC2CC(C1)c1c(-c3cncnc3)ccc(=O)n1C2. The molecule has 138 valence electrons. The maximum absolute atomic E-state index is 12.6. The fourth-order valence-electron chi connectivity index (χ4n) is 4.27. The Balaban J connectivity index is 1.80. The molecule has 0 saturated carbocycles. The van der Waals surface area contributed by atoms with Crippen LogP contribution in [0, 0.1) is 5.92 Å². The third-order valence-electron chi connectivity index (χ3n) is 5.28. The number of rotatable bonds is 4. The maximum atomic E-state index is 12.6. The summed E-state index contributed by atoms with van der Waals surface area (Å²) in [4.78, 5) is 20.6. The number of aromatic nitrogens is 3. The molecule has 2 aliphatic heterocycles. The van der Waals surface area contributed by atoms with Crippen molar-refractivity contribution in [3.8, 4) is 11.1 Å². The van der Waals surface area contributed by atoms with Crippen LogP contribution in [0.5, 0.6) is 0 Å². The third-order valence-corrected chi connectivity index (χ3v) is 7.29. The van der Waals surface area contributed by atoms with Crippen LogP contribution in [-0.2, 0) is 16.6 Å². The average Bonchev–Trinajstić information content (AvgIpc) is 2.63. The highest BCUT2D eigenvalue weighted by Gasteiger charge is 2.39. The van der Waals surface area contributed by atoms with E-state index in [2.05, 4.69) is 9.97 Å². The van der Waals surface area contributed by atoms with Gasteiger partial charge in [0.2, 0.25) is 10.0 Å². The molecule has 2 atom stereocenters. The van der Waals surface area contributed by atoms with Crippen LogP contribution < -0.4 is 5.56 Å². The minimum atomic E-state index is -3.24. The zero-order valence-corrected chi connectivity index (χ0v) is 15.5. The molecule has 2 aromatic rings. The van der Waals surface area contributed by atoms with Crippen molar-refractivity contribution >= 4 is 10.0 Å².